The summed E-state index contributed by atoms with van der Waals surface area (Å²) in [5.74, 6) is 1.07. The highest BCUT2D eigenvalue weighted by molar-refractivity contribution is 5.70. The molecule has 0 aliphatic carbocycles. The van der Waals surface area contributed by atoms with Crippen molar-refractivity contribution in [1.82, 2.24) is 10.1 Å². The molecule has 1 saturated heterocycles. The zero-order chi connectivity index (χ0) is 12.5. The van der Waals surface area contributed by atoms with Crippen LogP contribution in [0.2, 0.25) is 0 Å². The molecule has 2 heterocycles. The van der Waals surface area contributed by atoms with Gasteiger partial charge in [0, 0.05) is 12.3 Å². The van der Waals surface area contributed by atoms with Gasteiger partial charge in [0.15, 0.2) is 0 Å². The van der Waals surface area contributed by atoms with Crippen LogP contribution in [-0.4, -0.2) is 16.7 Å². The van der Waals surface area contributed by atoms with Gasteiger partial charge in [-0.05, 0) is 31.9 Å². The molecule has 0 bridgehead atoms. The van der Waals surface area contributed by atoms with E-state index in [0.717, 1.165) is 30.6 Å². The van der Waals surface area contributed by atoms with E-state index in [9.17, 15) is 0 Å². The molecular formula is C13H15N3O2. The van der Waals surface area contributed by atoms with Crippen LogP contribution in [0.5, 0.6) is 0 Å². The number of aromatic nitrogens is 2. The molecule has 1 aliphatic rings. The maximum absolute atomic E-state index is 5.93. The molecule has 2 N–H and O–H groups in total. The van der Waals surface area contributed by atoms with E-state index in [4.69, 9.17) is 15.0 Å². The quantitative estimate of drug-likeness (QED) is 0.823. The van der Waals surface area contributed by atoms with Crippen LogP contribution in [0.3, 0.4) is 0 Å². The molecular weight excluding hydrogens is 230 g/mol. The predicted octanol–water partition coefficient (Wildman–Crippen LogP) is 2.48. The molecule has 1 fully saturated rings. The second-order valence-electron chi connectivity index (χ2n) is 4.55. The summed E-state index contributed by atoms with van der Waals surface area (Å²) in [6.45, 7) is 2.77. The molecule has 1 atom stereocenters. The van der Waals surface area contributed by atoms with Crippen molar-refractivity contribution in [2.75, 3.05) is 12.3 Å². The number of nitrogen functional groups attached to an aromatic ring is 1. The molecule has 94 valence electrons. The van der Waals surface area contributed by atoms with Gasteiger partial charge in [0.05, 0.1) is 5.56 Å². The first-order chi connectivity index (χ1) is 8.74. The third-order valence-electron chi connectivity index (χ3n) is 3.10. The lowest BCUT2D eigenvalue weighted by Crippen LogP contribution is -1.98. The van der Waals surface area contributed by atoms with Crippen LogP contribution in [0.25, 0.3) is 11.5 Å². The number of hydrogen-bond acceptors (Lipinski definition) is 5. The molecule has 1 unspecified atom stereocenters. The van der Waals surface area contributed by atoms with Crippen molar-refractivity contribution in [2.24, 2.45) is 0 Å². The minimum Gasteiger partial charge on any atom is -0.398 e. The van der Waals surface area contributed by atoms with E-state index in [-0.39, 0.29) is 6.10 Å². The second kappa shape index (κ2) is 4.42. The lowest BCUT2D eigenvalue weighted by Gasteiger charge is -2.02. The number of ether oxygens (including phenoxy) is 1. The molecule has 0 radical (unpaired) electrons. The average Bonchev–Trinajstić information content (AvgIpc) is 3.00. The van der Waals surface area contributed by atoms with Gasteiger partial charge < -0.3 is 15.0 Å². The first-order valence-electron chi connectivity index (χ1n) is 6.06. The molecule has 3 rings (SSSR count). The van der Waals surface area contributed by atoms with E-state index < -0.39 is 0 Å². The molecule has 1 aromatic carbocycles. The van der Waals surface area contributed by atoms with Crippen molar-refractivity contribution in [1.29, 1.82) is 0 Å². The standard InChI is InChI=1S/C13H15N3O2/c1-8-4-5-10(14)9(7-8)13-15-12(16-18-13)11-3-2-6-17-11/h4-5,7,11H,2-3,6,14H2,1H3. The summed E-state index contributed by atoms with van der Waals surface area (Å²) in [6.07, 6.45) is 1.96. The molecule has 1 aliphatic heterocycles. The van der Waals surface area contributed by atoms with E-state index in [1.165, 1.54) is 0 Å². The summed E-state index contributed by atoms with van der Waals surface area (Å²) in [5.41, 5.74) is 8.46. The fraction of sp³-hybridized carbons (Fsp3) is 0.385. The number of hydrogen-bond donors (Lipinski definition) is 1. The first kappa shape index (κ1) is 11.2. The van der Waals surface area contributed by atoms with E-state index >= 15 is 0 Å². The fourth-order valence-electron chi connectivity index (χ4n) is 2.11. The highest BCUT2D eigenvalue weighted by atomic mass is 16.5. The Morgan fingerprint density at radius 3 is 3.06 bits per heavy atom. The van der Waals surface area contributed by atoms with Gasteiger partial charge in [-0.25, -0.2) is 0 Å². The lowest BCUT2D eigenvalue weighted by molar-refractivity contribution is 0.103. The Morgan fingerprint density at radius 2 is 2.28 bits per heavy atom. The Balaban J connectivity index is 1.94. The minimum absolute atomic E-state index is 0.0338. The Bertz CT molecular complexity index is 559. The highest BCUT2D eigenvalue weighted by Crippen LogP contribution is 2.30. The first-order valence-corrected chi connectivity index (χ1v) is 6.06. The van der Waals surface area contributed by atoms with Crippen molar-refractivity contribution in [3.05, 3.63) is 29.6 Å². The van der Waals surface area contributed by atoms with Crippen LogP contribution in [-0.2, 0) is 4.74 Å². The van der Waals surface area contributed by atoms with E-state index in [0.29, 0.717) is 17.4 Å². The average molecular weight is 245 g/mol. The second-order valence-corrected chi connectivity index (χ2v) is 4.55. The van der Waals surface area contributed by atoms with Gasteiger partial charge in [0.2, 0.25) is 5.82 Å². The summed E-state index contributed by atoms with van der Waals surface area (Å²) in [5, 5.41) is 3.98. The number of nitrogens with two attached hydrogens (primary N) is 1. The van der Waals surface area contributed by atoms with Gasteiger partial charge in [-0.3, -0.25) is 0 Å². The topological polar surface area (TPSA) is 74.2 Å². The van der Waals surface area contributed by atoms with E-state index in [1.54, 1.807) is 0 Å². The van der Waals surface area contributed by atoms with Gasteiger partial charge in [0.25, 0.3) is 5.89 Å². The van der Waals surface area contributed by atoms with Crippen molar-refractivity contribution in [3.63, 3.8) is 0 Å². The van der Waals surface area contributed by atoms with Gasteiger partial charge in [0.1, 0.15) is 6.10 Å². The predicted molar refractivity (Wildman–Crippen MR) is 66.8 cm³/mol. The molecule has 1 aromatic heterocycles. The number of benzene rings is 1. The Labute approximate surface area is 105 Å². The fourth-order valence-corrected chi connectivity index (χ4v) is 2.11. The van der Waals surface area contributed by atoms with Crippen molar-refractivity contribution < 1.29 is 9.26 Å². The van der Waals surface area contributed by atoms with Crippen LogP contribution in [0.15, 0.2) is 22.7 Å². The molecule has 0 saturated carbocycles. The summed E-state index contributed by atoms with van der Waals surface area (Å²) in [4.78, 5) is 4.38. The van der Waals surface area contributed by atoms with Gasteiger partial charge in [-0.1, -0.05) is 16.8 Å². The van der Waals surface area contributed by atoms with Gasteiger partial charge in [-0.2, -0.15) is 4.98 Å². The highest BCUT2D eigenvalue weighted by Gasteiger charge is 2.23. The largest absolute Gasteiger partial charge is 0.398 e. The Kier molecular flexibility index (Phi) is 2.76. The summed E-state index contributed by atoms with van der Waals surface area (Å²) < 4.78 is 10.8. The van der Waals surface area contributed by atoms with Gasteiger partial charge in [-0.15, -0.1) is 0 Å². The third kappa shape index (κ3) is 1.97. The molecule has 18 heavy (non-hydrogen) atoms. The van der Waals surface area contributed by atoms with Crippen LogP contribution in [0.1, 0.15) is 30.3 Å². The third-order valence-corrected chi connectivity index (χ3v) is 3.10. The van der Waals surface area contributed by atoms with Crippen LogP contribution >= 0.6 is 0 Å². The normalized spacial score (nSPS) is 19.3. The van der Waals surface area contributed by atoms with Crippen LogP contribution in [0, 0.1) is 6.92 Å². The Morgan fingerprint density at radius 1 is 1.39 bits per heavy atom. The van der Waals surface area contributed by atoms with E-state index in [1.807, 2.05) is 25.1 Å². The van der Waals surface area contributed by atoms with Crippen LogP contribution in [0.4, 0.5) is 5.69 Å². The van der Waals surface area contributed by atoms with Crippen molar-refractivity contribution in [3.8, 4) is 11.5 Å². The zero-order valence-electron chi connectivity index (χ0n) is 10.2. The van der Waals surface area contributed by atoms with Gasteiger partial charge >= 0.3 is 0 Å². The summed E-state index contributed by atoms with van der Waals surface area (Å²) in [7, 11) is 0. The number of aryl methyl sites for hydroxylation is 1. The van der Waals surface area contributed by atoms with Crippen molar-refractivity contribution in [2.45, 2.75) is 25.9 Å². The number of nitrogens with zero attached hydrogens (tertiary/aromatic N) is 2. The maximum Gasteiger partial charge on any atom is 0.260 e. The van der Waals surface area contributed by atoms with E-state index in [2.05, 4.69) is 10.1 Å². The molecule has 2 aromatic rings. The number of anilines is 1. The summed E-state index contributed by atoms with van der Waals surface area (Å²) in [6, 6.07) is 5.75. The maximum atomic E-state index is 5.93. The Hall–Kier alpha value is -1.88. The molecule has 0 spiro atoms. The molecule has 5 nitrogen and oxygen atoms in total. The monoisotopic (exact) mass is 245 g/mol. The van der Waals surface area contributed by atoms with Crippen LogP contribution < -0.4 is 5.73 Å². The SMILES string of the molecule is Cc1ccc(N)c(-c2nc(C3CCCO3)no2)c1. The lowest BCUT2D eigenvalue weighted by atomic mass is 10.1. The minimum atomic E-state index is -0.0338. The van der Waals surface area contributed by atoms with Crippen molar-refractivity contribution >= 4 is 5.69 Å². The number of rotatable bonds is 2. The zero-order valence-corrected chi connectivity index (χ0v) is 10.2. The molecule has 0 amide bonds. The smallest absolute Gasteiger partial charge is 0.260 e. The summed E-state index contributed by atoms with van der Waals surface area (Å²) >= 11 is 0. The molecule has 5 heteroatoms.